The summed E-state index contributed by atoms with van der Waals surface area (Å²) in [5, 5.41) is 9.35. The van der Waals surface area contributed by atoms with Crippen LogP contribution in [-0.2, 0) is 14.3 Å². The molecule has 0 saturated heterocycles. The second-order valence-corrected chi connectivity index (χ2v) is 5.81. The van der Waals surface area contributed by atoms with Gasteiger partial charge in [-0.25, -0.2) is 4.79 Å². The van der Waals surface area contributed by atoms with Crippen LogP contribution in [0, 0.1) is 0 Å². The highest BCUT2D eigenvalue weighted by Gasteiger charge is 2.21. The molecule has 1 heterocycles. The van der Waals surface area contributed by atoms with Gasteiger partial charge in [0.15, 0.2) is 5.78 Å². The summed E-state index contributed by atoms with van der Waals surface area (Å²) in [7, 11) is 0. The zero-order valence-electron chi connectivity index (χ0n) is 13.6. The topological polar surface area (TPSA) is 63.6 Å². The SMILES string of the molecule is CCCCCCCCCCCC(=O)/C=C/C1=CC(=O)OC1O. The second kappa shape index (κ2) is 11.2. The van der Waals surface area contributed by atoms with Crippen LogP contribution in [0.1, 0.15) is 71.1 Å². The number of ether oxygens (including phenoxy) is 1. The lowest BCUT2D eigenvalue weighted by Crippen LogP contribution is -2.08. The molecule has 1 unspecified atom stereocenters. The summed E-state index contributed by atoms with van der Waals surface area (Å²) in [6, 6.07) is 0. The van der Waals surface area contributed by atoms with Gasteiger partial charge in [-0.05, 0) is 18.6 Å². The maximum absolute atomic E-state index is 11.7. The van der Waals surface area contributed by atoms with E-state index in [9.17, 15) is 14.7 Å². The van der Waals surface area contributed by atoms with Crippen molar-refractivity contribution in [3.8, 4) is 0 Å². The predicted octanol–water partition coefficient (Wildman–Crippen LogP) is 3.83. The maximum Gasteiger partial charge on any atom is 0.333 e. The van der Waals surface area contributed by atoms with Crippen LogP contribution >= 0.6 is 0 Å². The van der Waals surface area contributed by atoms with Crippen molar-refractivity contribution in [2.75, 3.05) is 0 Å². The molecule has 0 aliphatic carbocycles. The van der Waals surface area contributed by atoms with Crippen molar-refractivity contribution in [3.63, 3.8) is 0 Å². The Bertz CT molecular complexity index is 409. The average Bonchev–Trinajstić information content (AvgIpc) is 2.81. The van der Waals surface area contributed by atoms with Crippen LogP contribution in [-0.4, -0.2) is 23.1 Å². The van der Waals surface area contributed by atoms with Gasteiger partial charge < -0.3 is 9.84 Å². The zero-order valence-corrected chi connectivity index (χ0v) is 13.6. The van der Waals surface area contributed by atoms with Gasteiger partial charge in [-0.15, -0.1) is 0 Å². The molecule has 0 aromatic carbocycles. The molecule has 4 nitrogen and oxygen atoms in total. The first-order chi connectivity index (χ1) is 10.6. The highest BCUT2D eigenvalue weighted by atomic mass is 16.6. The van der Waals surface area contributed by atoms with Crippen LogP contribution in [0.4, 0.5) is 0 Å². The Morgan fingerprint density at radius 2 is 1.73 bits per heavy atom. The number of esters is 1. The van der Waals surface area contributed by atoms with Gasteiger partial charge in [0.05, 0.1) is 0 Å². The van der Waals surface area contributed by atoms with E-state index >= 15 is 0 Å². The van der Waals surface area contributed by atoms with Gasteiger partial charge in [-0.1, -0.05) is 58.3 Å². The number of ketones is 1. The molecule has 0 aromatic rings. The summed E-state index contributed by atoms with van der Waals surface area (Å²) in [4.78, 5) is 22.6. The van der Waals surface area contributed by atoms with Gasteiger partial charge in [-0.2, -0.15) is 0 Å². The minimum absolute atomic E-state index is 0.0235. The predicted molar refractivity (Wildman–Crippen MR) is 86.2 cm³/mol. The molecular weight excluding hydrogens is 280 g/mol. The largest absolute Gasteiger partial charge is 0.428 e. The first kappa shape index (κ1) is 18.6. The molecular formula is C18H28O4. The summed E-state index contributed by atoms with van der Waals surface area (Å²) < 4.78 is 4.53. The molecule has 0 spiro atoms. The number of aliphatic hydroxyl groups excluding tert-OH is 1. The molecule has 1 aliphatic heterocycles. The third-order valence-corrected chi connectivity index (χ3v) is 3.79. The fraction of sp³-hybridized carbons (Fsp3) is 0.667. The van der Waals surface area contributed by atoms with Crippen LogP contribution in [0.15, 0.2) is 23.8 Å². The third kappa shape index (κ3) is 8.13. The minimum atomic E-state index is -1.23. The molecule has 4 heteroatoms. The quantitative estimate of drug-likeness (QED) is 0.338. The molecule has 124 valence electrons. The molecule has 0 bridgehead atoms. The lowest BCUT2D eigenvalue weighted by atomic mass is 10.1. The molecule has 0 radical (unpaired) electrons. The Kier molecular flexibility index (Phi) is 9.47. The standard InChI is InChI=1S/C18H28O4/c1-2-3-4-5-6-7-8-9-10-11-16(19)13-12-15-14-17(20)22-18(15)21/h12-14,18,21H,2-11H2,1H3/b13-12+. The van der Waals surface area contributed by atoms with Gasteiger partial charge in [0.1, 0.15) is 0 Å². The van der Waals surface area contributed by atoms with Crippen molar-refractivity contribution in [1.82, 2.24) is 0 Å². The molecule has 1 rings (SSSR count). The summed E-state index contributed by atoms with van der Waals surface area (Å²) >= 11 is 0. The molecule has 1 aliphatic rings. The van der Waals surface area contributed by atoms with Crippen LogP contribution in [0.25, 0.3) is 0 Å². The third-order valence-electron chi connectivity index (χ3n) is 3.79. The summed E-state index contributed by atoms with van der Waals surface area (Å²) in [6.45, 7) is 2.22. The van der Waals surface area contributed by atoms with E-state index in [4.69, 9.17) is 0 Å². The van der Waals surface area contributed by atoms with Crippen molar-refractivity contribution in [1.29, 1.82) is 0 Å². The van der Waals surface area contributed by atoms with Gasteiger partial charge in [0.25, 0.3) is 0 Å². The highest BCUT2D eigenvalue weighted by Crippen LogP contribution is 2.15. The normalized spacial score (nSPS) is 17.8. The van der Waals surface area contributed by atoms with E-state index in [1.54, 1.807) is 0 Å². The lowest BCUT2D eigenvalue weighted by molar-refractivity contribution is -0.150. The fourth-order valence-electron chi connectivity index (χ4n) is 2.43. The van der Waals surface area contributed by atoms with Gasteiger partial charge in [0.2, 0.25) is 6.29 Å². The number of carbonyl (C=O) groups excluding carboxylic acids is 2. The second-order valence-electron chi connectivity index (χ2n) is 5.81. The number of carbonyl (C=O) groups is 2. The number of hydrogen-bond acceptors (Lipinski definition) is 4. The van der Waals surface area contributed by atoms with Gasteiger partial charge in [-0.3, -0.25) is 4.79 Å². The van der Waals surface area contributed by atoms with E-state index in [1.165, 1.54) is 63.2 Å². The van der Waals surface area contributed by atoms with E-state index in [1.807, 2.05) is 0 Å². The smallest absolute Gasteiger partial charge is 0.333 e. The Balaban J connectivity index is 2.02. The molecule has 0 saturated carbocycles. The van der Waals surface area contributed by atoms with Crippen LogP contribution in [0.3, 0.4) is 0 Å². The molecule has 0 aromatic heterocycles. The monoisotopic (exact) mass is 308 g/mol. The minimum Gasteiger partial charge on any atom is -0.428 e. The highest BCUT2D eigenvalue weighted by molar-refractivity contribution is 5.91. The molecule has 1 N–H and O–H groups in total. The van der Waals surface area contributed by atoms with Crippen molar-refractivity contribution < 1.29 is 19.4 Å². The lowest BCUT2D eigenvalue weighted by Gasteiger charge is -2.02. The van der Waals surface area contributed by atoms with Gasteiger partial charge >= 0.3 is 5.97 Å². The Morgan fingerprint density at radius 3 is 2.27 bits per heavy atom. The number of allylic oxidation sites excluding steroid dienone is 1. The Morgan fingerprint density at radius 1 is 1.14 bits per heavy atom. The zero-order chi connectivity index (χ0) is 16.2. The van der Waals surface area contributed by atoms with Crippen LogP contribution in [0.5, 0.6) is 0 Å². The number of unbranched alkanes of at least 4 members (excludes halogenated alkanes) is 8. The van der Waals surface area contributed by atoms with E-state index in [-0.39, 0.29) is 5.78 Å². The summed E-state index contributed by atoms with van der Waals surface area (Å²) in [5.41, 5.74) is 0.338. The molecule has 0 fully saturated rings. The number of cyclic esters (lactones) is 1. The van der Waals surface area contributed by atoms with E-state index < -0.39 is 12.3 Å². The summed E-state index contributed by atoms with van der Waals surface area (Å²) in [6.07, 6.45) is 14.4. The van der Waals surface area contributed by atoms with Crippen LogP contribution < -0.4 is 0 Å². The average molecular weight is 308 g/mol. The Labute approximate surface area is 133 Å². The maximum atomic E-state index is 11.7. The fourth-order valence-corrected chi connectivity index (χ4v) is 2.43. The molecule has 0 amide bonds. The van der Waals surface area contributed by atoms with Gasteiger partial charge in [0, 0.05) is 18.1 Å². The van der Waals surface area contributed by atoms with Crippen molar-refractivity contribution >= 4 is 11.8 Å². The van der Waals surface area contributed by atoms with Crippen molar-refractivity contribution in [2.24, 2.45) is 0 Å². The first-order valence-electron chi connectivity index (χ1n) is 8.44. The van der Waals surface area contributed by atoms with Crippen molar-refractivity contribution in [3.05, 3.63) is 23.8 Å². The molecule has 1 atom stereocenters. The van der Waals surface area contributed by atoms with E-state index in [2.05, 4.69) is 11.7 Å². The number of rotatable bonds is 12. The number of aliphatic hydroxyl groups is 1. The van der Waals surface area contributed by atoms with E-state index in [0.717, 1.165) is 12.8 Å². The Hall–Kier alpha value is -1.42. The summed E-state index contributed by atoms with van der Waals surface area (Å²) in [5.74, 6) is -0.547. The van der Waals surface area contributed by atoms with E-state index in [0.29, 0.717) is 12.0 Å². The number of hydrogen-bond donors (Lipinski definition) is 1. The van der Waals surface area contributed by atoms with Crippen LogP contribution in [0.2, 0.25) is 0 Å². The molecule has 22 heavy (non-hydrogen) atoms. The van der Waals surface area contributed by atoms with Crippen molar-refractivity contribution in [2.45, 2.75) is 77.4 Å². The first-order valence-corrected chi connectivity index (χ1v) is 8.44.